The molecular formula is C14H18N2. The van der Waals surface area contributed by atoms with Gasteiger partial charge in [-0.15, -0.1) is 0 Å². The number of nitrogens with zero attached hydrogens (tertiary/aromatic N) is 1. The molecule has 0 spiro atoms. The zero-order valence-electron chi connectivity index (χ0n) is 9.63. The van der Waals surface area contributed by atoms with E-state index in [1.807, 2.05) is 0 Å². The molecular weight excluding hydrogens is 196 g/mol. The molecule has 0 aromatic heterocycles. The molecule has 0 fully saturated rings. The highest BCUT2D eigenvalue weighted by Gasteiger charge is 2.10. The van der Waals surface area contributed by atoms with E-state index in [4.69, 9.17) is 5.26 Å². The number of fused-ring (bicyclic) bond motifs is 1. The van der Waals surface area contributed by atoms with Crippen molar-refractivity contribution in [1.29, 1.82) is 5.26 Å². The first-order chi connectivity index (χ1) is 7.90. The minimum absolute atomic E-state index is 0.650. The average Bonchev–Trinajstić information content (AvgIpc) is 2.76. The van der Waals surface area contributed by atoms with Crippen LogP contribution in [0, 0.1) is 11.3 Å². The Balaban J connectivity index is 1.80. The molecule has 0 heterocycles. The Morgan fingerprint density at radius 1 is 1.25 bits per heavy atom. The predicted octanol–water partition coefficient (Wildman–Crippen LogP) is 2.57. The van der Waals surface area contributed by atoms with Gasteiger partial charge in [-0.25, -0.2) is 0 Å². The number of benzene rings is 1. The van der Waals surface area contributed by atoms with E-state index in [0.29, 0.717) is 6.42 Å². The third-order valence-corrected chi connectivity index (χ3v) is 3.13. The zero-order chi connectivity index (χ0) is 11.2. The van der Waals surface area contributed by atoms with Crippen molar-refractivity contribution in [2.24, 2.45) is 0 Å². The summed E-state index contributed by atoms with van der Waals surface area (Å²) in [5.74, 6) is 0. The van der Waals surface area contributed by atoms with Crippen LogP contribution in [-0.2, 0) is 19.4 Å². The Hall–Kier alpha value is -1.33. The van der Waals surface area contributed by atoms with Gasteiger partial charge < -0.3 is 5.32 Å². The Labute approximate surface area is 97.3 Å². The molecule has 0 atom stereocenters. The molecule has 0 saturated carbocycles. The van der Waals surface area contributed by atoms with Crippen molar-refractivity contribution in [3.05, 3.63) is 34.9 Å². The molecule has 0 amide bonds. The van der Waals surface area contributed by atoms with E-state index < -0.39 is 0 Å². The molecule has 0 saturated heterocycles. The lowest BCUT2D eigenvalue weighted by atomic mass is 10.1. The number of rotatable bonds is 5. The smallest absolute Gasteiger partial charge is 0.0622 e. The van der Waals surface area contributed by atoms with Crippen molar-refractivity contribution in [1.82, 2.24) is 5.32 Å². The molecule has 2 rings (SSSR count). The lowest BCUT2D eigenvalue weighted by molar-refractivity contribution is 0.657. The second kappa shape index (κ2) is 5.67. The van der Waals surface area contributed by atoms with Crippen LogP contribution in [0.4, 0.5) is 0 Å². The first kappa shape index (κ1) is 11.2. The summed E-state index contributed by atoms with van der Waals surface area (Å²) >= 11 is 0. The molecule has 16 heavy (non-hydrogen) atoms. The molecule has 0 bridgehead atoms. The lowest BCUT2D eigenvalue weighted by Gasteiger charge is -2.06. The van der Waals surface area contributed by atoms with Gasteiger partial charge >= 0.3 is 0 Å². The monoisotopic (exact) mass is 214 g/mol. The molecule has 2 heteroatoms. The number of unbranched alkanes of at least 4 members (excludes halogenated alkanes) is 1. The van der Waals surface area contributed by atoms with E-state index in [1.54, 1.807) is 0 Å². The van der Waals surface area contributed by atoms with Crippen molar-refractivity contribution in [3.8, 4) is 6.07 Å². The average molecular weight is 214 g/mol. The van der Waals surface area contributed by atoms with E-state index in [-0.39, 0.29) is 0 Å². The van der Waals surface area contributed by atoms with Crippen molar-refractivity contribution in [2.45, 2.75) is 38.6 Å². The van der Waals surface area contributed by atoms with Gasteiger partial charge in [-0.1, -0.05) is 18.2 Å². The molecule has 0 aliphatic heterocycles. The Bertz CT molecular complexity index is 390. The van der Waals surface area contributed by atoms with Gasteiger partial charge in [0.1, 0.15) is 0 Å². The Kier molecular flexibility index (Phi) is 3.96. The van der Waals surface area contributed by atoms with Crippen molar-refractivity contribution >= 4 is 0 Å². The molecule has 2 nitrogen and oxygen atoms in total. The fraction of sp³-hybridized carbons (Fsp3) is 0.500. The second-order valence-corrected chi connectivity index (χ2v) is 4.40. The standard InChI is InChI=1S/C14H18N2/c15-8-1-2-9-16-11-12-6-7-13-4-3-5-14(13)10-12/h6-7,10,16H,1-5,9,11H2. The second-order valence-electron chi connectivity index (χ2n) is 4.40. The van der Waals surface area contributed by atoms with Crippen LogP contribution in [0.2, 0.25) is 0 Å². The number of nitrogens with one attached hydrogen (secondary N) is 1. The fourth-order valence-electron chi connectivity index (χ4n) is 2.26. The number of aryl methyl sites for hydroxylation is 2. The summed E-state index contributed by atoms with van der Waals surface area (Å²) in [7, 11) is 0. The van der Waals surface area contributed by atoms with Crippen LogP contribution < -0.4 is 5.32 Å². The molecule has 84 valence electrons. The molecule has 1 aliphatic carbocycles. The normalized spacial score (nSPS) is 13.4. The van der Waals surface area contributed by atoms with E-state index in [1.165, 1.54) is 36.0 Å². The zero-order valence-corrected chi connectivity index (χ0v) is 9.63. The maximum absolute atomic E-state index is 8.41. The minimum atomic E-state index is 0.650. The van der Waals surface area contributed by atoms with Gasteiger partial charge in [0.05, 0.1) is 6.07 Å². The summed E-state index contributed by atoms with van der Waals surface area (Å²) in [5, 5.41) is 11.8. The Morgan fingerprint density at radius 2 is 2.12 bits per heavy atom. The largest absolute Gasteiger partial charge is 0.313 e. The van der Waals surface area contributed by atoms with E-state index in [9.17, 15) is 0 Å². The first-order valence-corrected chi connectivity index (χ1v) is 6.08. The number of hydrogen-bond acceptors (Lipinski definition) is 2. The number of hydrogen-bond donors (Lipinski definition) is 1. The minimum Gasteiger partial charge on any atom is -0.313 e. The van der Waals surface area contributed by atoms with Gasteiger partial charge in [-0.2, -0.15) is 5.26 Å². The van der Waals surface area contributed by atoms with Crippen LogP contribution in [-0.4, -0.2) is 6.54 Å². The molecule has 1 aliphatic rings. The molecule has 1 aromatic carbocycles. The van der Waals surface area contributed by atoms with Crippen molar-refractivity contribution in [3.63, 3.8) is 0 Å². The molecule has 1 N–H and O–H groups in total. The maximum Gasteiger partial charge on any atom is 0.0622 e. The summed E-state index contributed by atoms with van der Waals surface area (Å²) < 4.78 is 0. The fourth-order valence-corrected chi connectivity index (χ4v) is 2.26. The van der Waals surface area contributed by atoms with Crippen LogP contribution in [0.1, 0.15) is 36.0 Å². The third kappa shape index (κ3) is 2.84. The molecule has 0 radical (unpaired) electrons. The quantitative estimate of drug-likeness (QED) is 0.765. The van der Waals surface area contributed by atoms with Gasteiger partial charge in [0.2, 0.25) is 0 Å². The van der Waals surface area contributed by atoms with Crippen LogP contribution in [0.15, 0.2) is 18.2 Å². The highest BCUT2D eigenvalue weighted by atomic mass is 14.8. The van der Waals surface area contributed by atoms with Crippen LogP contribution in [0.25, 0.3) is 0 Å². The summed E-state index contributed by atoms with van der Waals surface area (Å²) in [4.78, 5) is 0. The van der Waals surface area contributed by atoms with Gasteiger partial charge in [0.15, 0.2) is 0 Å². The topological polar surface area (TPSA) is 35.8 Å². The van der Waals surface area contributed by atoms with Crippen LogP contribution in [0.3, 0.4) is 0 Å². The number of nitriles is 1. The van der Waals surface area contributed by atoms with Gasteiger partial charge in [-0.3, -0.25) is 0 Å². The molecule has 1 aromatic rings. The summed E-state index contributed by atoms with van der Waals surface area (Å²) in [5.41, 5.74) is 4.45. The van der Waals surface area contributed by atoms with E-state index in [2.05, 4.69) is 29.6 Å². The summed E-state index contributed by atoms with van der Waals surface area (Å²) in [6, 6.07) is 8.99. The van der Waals surface area contributed by atoms with Crippen molar-refractivity contribution < 1.29 is 0 Å². The highest BCUT2D eigenvalue weighted by Crippen LogP contribution is 2.22. The lowest BCUT2D eigenvalue weighted by Crippen LogP contribution is -2.14. The van der Waals surface area contributed by atoms with Crippen molar-refractivity contribution in [2.75, 3.05) is 6.54 Å². The van der Waals surface area contributed by atoms with E-state index in [0.717, 1.165) is 19.5 Å². The first-order valence-electron chi connectivity index (χ1n) is 6.08. The third-order valence-electron chi connectivity index (χ3n) is 3.13. The predicted molar refractivity (Wildman–Crippen MR) is 65.0 cm³/mol. The van der Waals surface area contributed by atoms with Gasteiger partial charge in [0, 0.05) is 13.0 Å². The SMILES string of the molecule is N#CCCCNCc1ccc2c(c1)CCC2. The molecule has 0 unspecified atom stereocenters. The summed E-state index contributed by atoms with van der Waals surface area (Å²) in [6.45, 7) is 1.86. The van der Waals surface area contributed by atoms with Gasteiger partial charge in [0.25, 0.3) is 0 Å². The maximum atomic E-state index is 8.41. The highest BCUT2D eigenvalue weighted by molar-refractivity contribution is 5.35. The van der Waals surface area contributed by atoms with Gasteiger partial charge in [-0.05, 0) is 48.9 Å². The van der Waals surface area contributed by atoms with Crippen LogP contribution in [0.5, 0.6) is 0 Å². The van der Waals surface area contributed by atoms with E-state index >= 15 is 0 Å². The summed E-state index contributed by atoms with van der Waals surface area (Å²) in [6.07, 6.45) is 5.41. The van der Waals surface area contributed by atoms with Crippen LogP contribution >= 0.6 is 0 Å². The Morgan fingerprint density at radius 3 is 3.00 bits per heavy atom.